The maximum absolute atomic E-state index is 6.00. The Morgan fingerprint density at radius 3 is 2.71 bits per heavy atom. The first-order valence-corrected chi connectivity index (χ1v) is 6.71. The predicted molar refractivity (Wildman–Crippen MR) is 84.2 cm³/mol. The van der Waals surface area contributed by atoms with Crippen LogP contribution >= 0.6 is 11.6 Å². The van der Waals surface area contributed by atoms with Crippen molar-refractivity contribution < 1.29 is 9.47 Å². The Morgan fingerprint density at radius 1 is 1.10 bits per heavy atom. The van der Waals surface area contributed by atoms with Gasteiger partial charge in [0.1, 0.15) is 11.5 Å². The lowest BCUT2D eigenvalue weighted by Crippen LogP contribution is -1.92. The van der Waals surface area contributed by atoms with Gasteiger partial charge >= 0.3 is 0 Å². The summed E-state index contributed by atoms with van der Waals surface area (Å²) in [6, 6.07) is 12.7. The van der Waals surface area contributed by atoms with Crippen LogP contribution in [0.25, 0.3) is 10.8 Å². The normalized spacial score (nSPS) is 10.6. The topological polar surface area (TPSA) is 57.4 Å². The van der Waals surface area contributed by atoms with E-state index >= 15 is 0 Å². The van der Waals surface area contributed by atoms with Crippen LogP contribution in [0.3, 0.4) is 0 Å². The maximum atomic E-state index is 6.00. The lowest BCUT2D eigenvalue weighted by atomic mass is 10.1. The van der Waals surface area contributed by atoms with Gasteiger partial charge in [0.05, 0.1) is 17.8 Å². The number of nitrogens with two attached hydrogens (primary N) is 1. The number of hydrogen-bond acceptors (Lipinski definition) is 4. The van der Waals surface area contributed by atoms with Gasteiger partial charge in [-0.1, -0.05) is 17.7 Å². The van der Waals surface area contributed by atoms with Gasteiger partial charge in [0, 0.05) is 23.0 Å². The Morgan fingerprint density at radius 2 is 1.95 bits per heavy atom. The summed E-state index contributed by atoms with van der Waals surface area (Å²) >= 11 is 6.00. The van der Waals surface area contributed by atoms with Crippen LogP contribution in [-0.2, 0) is 0 Å². The van der Waals surface area contributed by atoms with Crippen molar-refractivity contribution in [2.24, 2.45) is 0 Å². The van der Waals surface area contributed by atoms with E-state index in [2.05, 4.69) is 4.98 Å². The molecule has 3 aromatic rings. The second-order valence-electron chi connectivity index (χ2n) is 4.46. The van der Waals surface area contributed by atoms with Crippen molar-refractivity contribution >= 4 is 28.1 Å². The molecule has 0 aliphatic carbocycles. The highest BCUT2D eigenvalue weighted by Gasteiger charge is 2.09. The number of rotatable bonds is 3. The van der Waals surface area contributed by atoms with Crippen LogP contribution in [-0.4, -0.2) is 12.1 Å². The molecule has 3 rings (SSSR count). The van der Waals surface area contributed by atoms with Crippen LogP contribution in [0.4, 0.5) is 5.69 Å². The number of nitrogen functional groups attached to an aromatic ring is 1. The van der Waals surface area contributed by atoms with Gasteiger partial charge in [-0.25, -0.2) is 4.98 Å². The lowest BCUT2D eigenvalue weighted by Gasteiger charge is -2.10. The number of hydrogen-bond donors (Lipinski definition) is 1. The Hall–Kier alpha value is -2.46. The third-order valence-corrected chi connectivity index (χ3v) is 3.46. The number of pyridine rings is 1. The van der Waals surface area contributed by atoms with Crippen LogP contribution in [0.1, 0.15) is 0 Å². The SMILES string of the molecule is COc1cccc2c(Oc3ccc(N)c(Cl)c3)nccc12. The molecule has 2 N–H and O–H groups in total. The van der Waals surface area contributed by atoms with Crippen molar-refractivity contribution in [3.05, 3.63) is 53.7 Å². The van der Waals surface area contributed by atoms with E-state index in [0.717, 1.165) is 16.5 Å². The van der Waals surface area contributed by atoms with Gasteiger partial charge in [0.2, 0.25) is 5.88 Å². The fourth-order valence-corrected chi connectivity index (χ4v) is 2.26. The fourth-order valence-electron chi connectivity index (χ4n) is 2.09. The summed E-state index contributed by atoms with van der Waals surface area (Å²) < 4.78 is 11.2. The molecule has 21 heavy (non-hydrogen) atoms. The van der Waals surface area contributed by atoms with Crippen LogP contribution in [0.2, 0.25) is 5.02 Å². The minimum Gasteiger partial charge on any atom is -0.496 e. The van der Waals surface area contributed by atoms with Crippen molar-refractivity contribution in [3.8, 4) is 17.4 Å². The minimum absolute atomic E-state index is 0.449. The van der Waals surface area contributed by atoms with Gasteiger partial charge in [0.15, 0.2) is 0 Å². The van der Waals surface area contributed by atoms with E-state index in [4.69, 9.17) is 26.8 Å². The molecule has 0 radical (unpaired) electrons. The molecule has 106 valence electrons. The number of anilines is 1. The van der Waals surface area contributed by atoms with Gasteiger partial charge in [0.25, 0.3) is 0 Å². The second-order valence-corrected chi connectivity index (χ2v) is 4.86. The van der Waals surface area contributed by atoms with Gasteiger partial charge in [-0.3, -0.25) is 0 Å². The molecule has 0 amide bonds. The summed E-state index contributed by atoms with van der Waals surface area (Å²) in [6.45, 7) is 0. The summed E-state index contributed by atoms with van der Waals surface area (Å²) in [5, 5.41) is 2.25. The number of benzene rings is 2. The molecular formula is C16H13ClN2O2. The van der Waals surface area contributed by atoms with E-state index in [-0.39, 0.29) is 0 Å². The minimum atomic E-state index is 0.449. The third-order valence-electron chi connectivity index (χ3n) is 3.14. The first kappa shape index (κ1) is 13.5. The number of fused-ring (bicyclic) bond motifs is 1. The smallest absolute Gasteiger partial charge is 0.227 e. The van der Waals surface area contributed by atoms with E-state index < -0.39 is 0 Å². The first-order valence-electron chi connectivity index (χ1n) is 6.33. The van der Waals surface area contributed by atoms with E-state index in [1.807, 2.05) is 24.3 Å². The molecule has 1 heterocycles. The number of nitrogens with zero attached hydrogens (tertiary/aromatic N) is 1. The van der Waals surface area contributed by atoms with Crippen molar-refractivity contribution in [1.29, 1.82) is 0 Å². The monoisotopic (exact) mass is 300 g/mol. The predicted octanol–water partition coefficient (Wildman–Crippen LogP) is 4.27. The van der Waals surface area contributed by atoms with E-state index in [1.165, 1.54) is 0 Å². The Kier molecular flexibility index (Phi) is 3.54. The molecular weight excluding hydrogens is 288 g/mol. The summed E-state index contributed by atoms with van der Waals surface area (Å²) in [7, 11) is 1.63. The number of ether oxygens (including phenoxy) is 2. The summed E-state index contributed by atoms with van der Waals surface area (Å²) in [5.74, 6) is 1.85. The molecule has 0 aliphatic rings. The van der Waals surface area contributed by atoms with Crippen LogP contribution < -0.4 is 15.2 Å². The molecule has 0 atom stereocenters. The molecule has 4 nitrogen and oxygen atoms in total. The molecule has 0 aliphatic heterocycles. The van der Waals surface area contributed by atoms with Crippen LogP contribution in [0.5, 0.6) is 17.4 Å². The molecule has 0 saturated heterocycles. The molecule has 0 saturated carbocycles. The van der Waals surface area contributed by atoms with Crippen molar-refractivity contribution in [1.82, 2.24) is 4.98 Å². The van der Waals surface area contributed by atoms with Crippen LogP contribution in [0.15, 0.2) is 48.7 Å². The number of methoxy groups -OCH3 is 1. The summed E-state index contributed by atoms with van der Waals surface area (Å²) in [5.41, 5.74) is 6.20. The Labute approximate surface area is 127 Å². The molecule has 0 fully saturated rings. The standard InChI is InChI=1S/C16H13ClN2O2/c1-20-15-4-2-3-12-11(15)7-8-19-16(12)21-10-5-6-14(18)13(17)9-10/h2-9H,18H2,1H3. The van der Waals surface area contributed by atoms with E-state index in [1.54, 1.807) is 31.5 Å². The second kappa shape index (κ2) is 5.50. The van der Waals surface area contributed by atoms with Crippen LogP contribution in [0, 0.1) is 0 Å². The van der Waals surface area contributed by atoms with Crippen molar-refractivity contribution in [2.45, 2.75) is 0 Å². The third kappa shape index (κ3) is 2.58. The number of halogens is 1. The van der Waals surface area contributed by atoms with Crippen molar-refractivity contribution in [2.75, 3.05) is 12.8 Å². The molecule has 5 heteroatoms. The van der Waals surface area contributed by atoms with Crippen molar-refractivity contribution in [3.63, 3.8) is 0 Å². The summed E-state index contributed by atoms with van der Waals surface area (Å²) in [4.78, 5) is 4.28. The van der Waals surface area contributed by atoms with Gasteiger partial charge in [-0.2, -0.15) is 0 Å². The molecule has 0 unspecified atom stereocenters. The van der Waals surface area contributed by atoms with Gasteiger partial charge in [-0.15, -0.1) is 0 Å². The zero-order chi connectivity index (χ0) is 14.8. The highest BCUT2D eigenvalue weighted by atomic mass is 35.5. The lowest BCUT2D eigenvalue weighted by molar-refractivity contribution is 0.419. The zero-order valence-electron chi connectivity index (χ0n) is 11.3. The highest BCUT2D eigenvalue weighted by Crippen LogP contribution is 2.34. The quantitative estimate of drug-likeness (QED) is 0.734. The van der Waals surface area contributed by atoms with Gasteiger partial charge in [-0.05, 0) is 30.3 Å². The maximum Gasteiger partial charge on any atom is 0.227 e. The largest absolute Gasteiger partial charge is 0.496 e. The highest BCUT2D eigenvalue weighted by molar-refractivity contribution is 6.33. The Bertz CT molecular complexity index is 805. The van der Waals surface area contributed by atoms with E-state index in [9.17, 15) is 0 Å². The molecule has 2 aromatic carbocycles. The molecule has 0 bridgehead atoms. The Balaban J connectivity index is 2.06. The summed E-state index contributed by atoms with van der Waals surface area (Å²) in [6.07, 6.45) is 1.68. The average molecular weight is 301 g/mol. The number of aromatic nitrogens is 1. The van der Waals surface area contributed by atoms with E-state index in [0.29, 0.717) is 22.3 Å². The van der Waals surface area contributed by atoms with Gasteiger partial charge < -0.3 is 15.2 Å². The molecule has 0 spiro atoms. The first-order chi connectivity index (χ1) is 10.2. The average Bonchev–Trinajstić information content (AvgIpc) is 2.51. The fraction of sp³-hybridized carbons (Fsp3) is 0.0625. The zero-order valence-corrected chi connectivity index (χ0v) is 12.1. The molecule has 1 aromatic heterocycles.